The molecular weight excluding hydrogens is 352 g/mol. The smallest absolute Gasteiger partial charge is 0.409 e. The highest BCUT2D eigenvalue weighted by molar-refractivity contribution is 5.79. The van der Waals surface area contributed by atoms with Crippen LogP contribution < -0.4 is 0 Å². The van der Waals surface area contributed by atoms with Crippen LogP contribution in [-0.4, -0.2) is 66.9 Å². The molecule has 0 radical (unpaired) electrons. The summed E-state index contributed by atoms with van der Waals surface area (Å²) >= 11 is 0. The van der Waals surface area contributed by atoms with E-state index in [1.165, 1.54) is 22.3 Å². The van der Waals surface area contributed by atoms with E-state index in [0.29, 0.717) is 19.7 Å². The summed E-state index contributed by atoms with van der Waals surface area (Å²) in [7, 11) is 0. The Balaban J connectivity index is 1.33. The molecule has 2 aromatic carbocycles. The van der Waals surface area contributed by atoms with Crippen molar-refractivity contribution in [3.63, 3.8) is 0 Å². The molecule has 0 aromatic heterocycles. The van der Waals surface area contributed by atoms with Crippen LogP contribution in [-0.2, 0) is 4.74 Å². The first-order valence-electron chi connectivity index (χ1n) is 10.2. The molecule has 4 rings (SSSR count). The molecule has 28 heavy (non-hydrogen) atoms. The lowest BCUT2D eigenvalue weighted by molar-refractivity contribution is 0.0738. The van der Waals surface area contributed by atoms with Gasteiger partial charge in [0, 0.05) is 38.7 Å². The Bertz CT molecular complexity index is 769. The van der Waals surface area contributed by atoms with E-state index < -0.39 is 0 Å². The first-order valence-corrected chi connectivity index (χ1v) is 10.2. The SMILES string of the molecule is O=C(OCC1c2ccccc2-c2ccccc21)N1CCN(CCCCO)CC1. The van der Waals surface area contributed by atoms with Crippen molar-refractivity contribution in [3.8, 4) is 11.1 Å². The highest BCUT2D eigenvalue weighted by Crippen LogP contribution is 2.44. The van der Waals surface area contributed by atoms with Gasteiger partial charge in [-0.25, -0.2) is 4.79 Å². The third-order valence-electron chi connectivity index (χ3n) is 5.85. The molecule has 0 saturated carbocycles. The Morgan fingerprint density at radius 1 is 0.929 bits per heavy atom. The fraction of sp³-hybridized carbons (Fsp3) is 0.435. The third kappa shape index (κ3) is 3.91. The molecule has 1 heterocycles. The molecule has 0 unspecified atom stereocenters. The van der Waals surface area contributed by atoms with E-state index in [0.717, 1.165) is 32.5 Å². The number of aliphatic hydroxyl groups is 1. The molecule has 1 amide bonds. The standard InChI is InChI=1S/C23H28N2O3/c26-16-6-5-11-24-12-14-25(15-13-24)23(27)28-17-22-20-9-3-1-7-18(20)19-8-2-4-10-21(19)22/h1-4,7-10,22,26H,5-6,11-17H2. The minimum Gasteiger partial charge on any atom is -0.448 e. The monoisotopic (exact) mass is 380 g/mol. The molecule has 2 aliphatic rings. The van der Waals surface area contributed by atoms with E-state index in [4.69, 9.17) is 9.84 Å². The summed E-state index contributed by atoms with van der Waals surface area (Å²) in [5.41, 5.74) is 4.97. The number of ether oxygens (including phenoxy) is 1. The number of hydrogen-bond acceptors (Lipinski definition) is 4. The average molecular weight is 380 g/mol. The molecule has 2 aromatic rings. The lowest BCUT2D eigenvalue weighted by Gasteiger charge is -2.34. The molecule has 148 valence electrons. The quantitative estimate of drug-likeness (QED) is 0.781. The van der Waals surface area contributed by atoms with Crippen molar-refractivity contribution < 1.29 is 14.6 Å². The minimum absolute atomic E-state index is 0.108. The lowest BCUT2D eigenvalue weighted by Crippen LogP contribution is -2.49. The molecule has 1 N–H and O–H groups in total. The van der Waals surface area contributed by atoms with Crippen LogP contribution in [0.15, 0.2) is 48.5 Å². The van der Waals surface area contributed by atoms with Crippen LogP contribution in [0.2, 0.25) is 0 Å². The molecule has 0 atom stereocenters. The van der Waals surface area contributed by atoms with Gasteiger partial charge in [0.1, 0.15) is 6.61 Å². The molecular formula is C23H28N2O3. The highest BCUT2D eigenvalue weighted by atomic mass is 16.6. The normalized spacial score (nSPS) is 16.7. The van der Waals surface area contributed by atoms with Gasteiger partial charge >= 0.3 is 6.09 Å². The summed E-state index contributed by atoms with van der Waals surface area (Å²) in [6.45, 7) is 4.76. The predicted molar refractivity (Wildman–Crippen MR) is 109 cm³/mol. The van der Waals surface area contributed by atoms with Crippen molar-refractivity contribution in [2.75, 3.05) is 45.9 Å². The summed E-state index contributed by atoms with van der Waals surface area (Å²) in [6.07, 6.45) is 1.63. The molecule has 1 aliphatic carbocycles. The molecule has 1 aliphatic heterocycles. The van der Waals surface area contributed by atoms with Crippen molar-refractivity contribution in [1.82, 2.24) is 9.80 Å². The third-order valence-corrected chi connectivity index (χ3v) is 5.85. The number of carbonyl (C=O) groups excluding carboxylic acids is 1. The van der Waals surface area contributed by atoms with E-state index in [2.05, 4.69) is 53.4 Å². The van der Waals surface area contributed by atoms with Crippen LogP contribution in [0.3, 0.4) is 0 Å². The molecule has 1 saturated heterocycles. The van der Waals surface area contributed by atoms with E-state index in [-0.39, 0.29) is 18.6 Å². The molecule has 0 spiro atoms. The van der Waals surface area contributed by atoms with Crippen LogP contribution >= 0.6 is 0 Å². The average Bonchev–Trinajstić information content (AvgIpc) is 3.06. The van der Waals surface area contributed by atoms with E-state index in [1.54, 1.807) is 0 Å². The Kier molecular flexibility index (Phi) is 5.93. The van der Waals surface area contributed by atoms with E-state index in [1.807, 2.05) is 4.90 Å². The second-order valence-electron chi connectivity index (χ2n) is 7.56. The number of hydrogen-bond donors (Lipinski definition) is 1. The molecule has 5 heteroatoms. The van der Waals surface area contributed by atoms with Crippen LogP contribution in [0.1, 0.15) is 29.9 Å². The second-order valence-corrected chi connectivity index (χ2v) is 7.56. The van der Waals surface area contributed by atoms with Gasteiger partial charge < -0.3 is 14.7 Å². The van der Waals surface area contributed by atoms with E-state index >= 15 is 0 Å². The van der Waals surface area contributed by atoms with Crippen molar-refractivity contribution in [1.29, 1.82) is 0 Å². The summed E-state index contributed by atoms with van der Waals surface area (Å²) < 4.78 is 5.75. The Hall–Kier alpha value is -2.37. The summed E-state index contributed by atoms with van der Waals surface area (Å²) in [6, 6.07) is 16.8. The van der Waals surface area contributed by atoms with Crippen molar-refractivity contribution in [2.45, 2.75) is 18.8 Å². The van der Waals surface area contributed by atoms with Gasteiger partial charge in [-0.3, -0.25) is 4.90 Å². The Morgan fingerprint density at radius 3 is 2.14 bits per heavy atom. The van der Waals surface area contributed by atoms with Crippen molar-refractivity contribution >= 4 is 6.09 Å². The van der Waals surface area contributed by atoms with Gasteiger partial charge in [0.2, 0.25) is 0 Å². The largest absolute Gasteiger partial charge is 0.448 e. The number of nitrogens with zero attached hydrogens (tertiary/aromatic N) is 2. The maximum absolute atomic E-state index is 12.6. The number of aliphatic hydroxyl groups excluding tert-OH is 1. The summed E-state index contributed by atoms with van der Waals surface area (Å²) in [5.74, 6) is 0.108. The molecule has 0 bridgehead atoms. The summed E-state index contributed by atoms with van der Waals surface area (Å²) in [4.78, 5) is 16.8. The predicted octanol–water partition coefficient (Wildman–Crippen LogP) is 3.33. The zero-order valence-corrected chi connectivity index (χ0v) is 16.2. The Labute approximate surface area is 166 Å². The maximum atomic E-state index is 12.6. The number of carbonyl (C=O) groups is 1. The van der Waals surface area contributed by atoms with Crippen molar-refractivity contribution in [2.24, 2.45) is 0 Å². The second kappa shape index (κ2) is 8.76. The van der Waals surface area contributed by atoms with Gasteiger partial charge in [0.15, 0.2) is 0 Å². The van der Waals surface area contributed by atoms with E-state index in [9.17, 15) is 4.79 Å². The fourth-order valence-electron chi connectivity index (χ4n) is 4.29. The lowest BCUT2D eigenvalue weighted by atomic mass is 9.98. The van der Waals surface area contributed by atoms with Crippen LogP contribution in [0, 0.1) is 0 Å². The number of unbranched alkanes of at least 4 members (excludes halogenated alkanes) is 1. The zero-order valence-electron chi connectivity index (χ0n) is 16.2. The first-order chi connectivity index (χ1) is 13.8. The molecule has 5 nitrogen and oxygen atoms in total. The van der Waals surface area contributed by atoms with Crippen molar-refractivity contribution in [3.05, 3.63) is 59.7 Å². The van der Waals surface area contributed by atoms with Crippen LogP contribution in [0.25, 0.3) is 11.1 Å². The number of fused-ring (bicyclic) bond motifs is 3. The number of rotatable bonds is 6. The van der Waals surface area contributed by atoms with Gasteiger partial charge in [0.05, 0.1) is 0 Å². The number of piperazine rings is 1. The van der Waals surface area contributed by atoms with Crippen LogP contribution in [0.5, 0.6) is 0 Å². The summed E-state index contributed by atoms with van der Waals surface area (Å²) in [5, 5.41) is 8.89. The van der Waals surface area contributed by atoms with Gasteiger partial charge in [-0.15, -0.1) is 0 Å². The van der Waals surface area contributed by atoms with Gasteiger partial charge in [-0.05, 0) is 41.6 Å². The van der Waals surface area contributed by atoms with Crippen LogP contribution in [0.4, 0.5) is 4.79 Å². The van der Waals surface area contributed by atoms with Gasteiger partial charge in [-0.1, -0.05) is 48.5 Å². The first kappa shape index (κ1) is 19.0. The number of benzene rings is 2. The minimum atomic E-state index is -0.211. The van der Waals surface area contributed by atoms with Gasteiger partial charge in [-0.2, -0.15) is 0 Å². The zero-order chi connectivity index (χ0) is 19.3. The number of amides is 1. The topological polar surface area (TPSA) is 53.0 Å². The fourth-order valence-corrected chi connectivity index (χ4v) is 4.29. The molecule has 1 fully saturated rings. The maximum Gasteiger partial charge on any atom is 0.409 e. The Morgan fingerprint density at radius 2 is 1.54 bits per heavy atom. The van der Waals surface area contributed by atoms with Gasteiger partial charge in [0.25, 0.3) is 0 Å². The highest BCUT2D eigenvalue weighted by Gasteiger charge is 2.30.